The molecule has 0 unspecified atom stereocenters. The maximum Gasteiger partial charge on any atom is 0.131 e. The zero-order valence-corrected chi connectivity index (χ0v) is 10.9. The lowest BCUT2D eigenvalue weighted by molar-refractivity contribution is 0.541. The maximum absolute atomic E-state index is 4.56. The second-order valence-corrected chi connectivity index (χ2v) is 4.73. The van der Waals surface area contributed by atoms with E-state index in [1.165, 1.54) is 22.8 Å². The number of hydrogen-bond donors (Lipinski definition) is 0. The van der Waals surface area contributed by atoms with E-state index >= 15 is 0 Å². The van der Waals surface area contributed by atoms with Crippen LogP contribution in [0.3, 0.4) is 0 Å². The number of pyridine rings is 1. The van der Waals surface area contributed by atoms with Crippen molar-refractivity contribution in [3.63, 3.8) is 0 Å². The molecule has 0 N–H and O–H groups in total. The molecule has 0 amide bonds. The second kappa shape index (κ2) is 4.44. The van der Waals surface area contributed by atoms with Gasteiger partial charge in [0.1, 0.15) is 5.82 Å². The highest BCUT2D eigenvalue weighted by molar-refractivity contribution is 5.60. The van der Waals surface area contributed by atoms with Crippen molar-refractivity contribution >= 4 is 11.5 Å². The van der Waals surface area contributed by atoms with Crippen LogP contribution in [0, 0.1) is 6.92 Å². The fourth-order valence-electron chi connectivity index (χ4n) is 2.59. The molecule has 2 aromatic heterocycles. The Labute approximate surface area is 107 Å². The Morgan fingerprint density at radius 2 is 2.22 bits per heavy atom. The van der Waals surface area contributed by atoms with E-state index < -0.39 is 0 Å². The van der Waals surface area contributed by atoms with Gasteiger partial charge in [-0.3, -0.25) is 4.98 Å². The van der Waals surface area contributed by atoms with Crippen LogP contribution >= 0.6 is 0 Å². The molecule has 0 saturated carbocycles. The monoisotopic (exact) mass is 242 g/mol. The predicted octanol–water partition coefficient (Wildman–Crippen LogP) is 2.69. The summed E-state index contributed by atoms with van der Waals surface area (Å²) < 4.78 is 2.06. The lowest BCUT2D eigenvalue weighted by atomic mass is 10.1. The first-order valence-electron chi connectivity index (χ1n) is 6.54. The molecular weight excluding hydrogens is 224 g/mol. The van der Waals surface area contributed by atoms with E-state index in [-0.39, 0.29) is 0 Å². The van der Waals surface area contributed by atoms with Gasteiger partial charge in [-0.1, -0.05) is 6.92 Å². The zero-order valence-electron chi connectivity index (χ0n) is 10.9. The topological polar surface area (TPSA) is 34.0 Å². The summed E-state index contributed by atoms with van der Waals surface area (Å²) in [7, 11) is 0. The van der Waals surface area contributed by atoms with Gasteiger partial charge in [0.05, 0.1) is 18.1 Å². The number of hydrogen-bond acceptors (Lipinski definition) is 3. The van der Waals surface area contributed by atoms with Crippen LogP contribution in [0.25, 0.3) is 0 Å². The summed E-state index contributed by atoms with van der Waals surface area (Å²) in [6.07, 6.45) is 5.97. The first-order chi connectivity index (χ1) is 8.79. The normalized spacial score (nSPS) is 14.7. The molecule has 0 radical (unpaired) electrons. The highest BCUT2D eigenvalue weighted by atomic mass is 15.4. The minimum absolute atomic E-state index is 0.990. The van der Waals surface area contributed by atoms with E-state index in [0.717, 1.165) is 25.9 Å². The fraction of sp³-hybridized carbons (Fsp3) is 0.429. The molecule has 4 nitrogen and oxygen atoms in total. The number of anilines is 2. The fourth-order valence-corrected chi connectivity index (χ4v) is 2.59. The van der Waals surface area contributed by atoms with Crippen molar-refractivity contribution in [3.8, 4) is 0 Å². The Morgan fingerprint density at radius 3 is 3.00 bits per heavy atom. The Hall–Kier alpha value is -1.84. The average molecular weight is 242 g/mol. The Morgan fingerprint density at radius 1 is 1.33 bits per heavy atom. The number of aromatic nitrogens is 3. The first-order valence-corrected chi connectivity index (χ1v) is 6.54. The quantitative estimate of drug-likeness (QED) is 0.812. The summed E-state index contributed by atoms with van der Waals surface area (Å²) in [6, 6.07) is 4.30. The summed E-state index contributed by atoms with van der Waals surface area (Å²) >= 11 is 0. The molecule has 2 aromatic rings. The molecule has 0 aromatic carbocycles. The predicted molar refractivity (Wildman–Crippen MR) is 72.2 cm³/mol. The first kappa shape index (κ1) is 11.3. The molecular formula is C14H18N4. The van der Waals surface area contributed by atoms with E-state index in [1.54, 1.807) is 0 Å². The van der Waals surface area contributed by atoms with E-state index in [4.69, 9.17) is 0 Å². The number of aryl methyl sites for hydroxylation is 3. The van der Waals surface area contributed by atoms with Gasteiger partial charge in [0, 0.05) is 24.8 Å². The molecule has 3 heterocycles. The molecule has 0 fully saturated rings. The van der Waals surface area contributed by atoms with Crippen molar-refractivity contribution in [1.29, 1.82) is 0 Å². The maximum atomic E-state index is 4.56. The third-order valence-electron chi connectivity index (χ3n) is 3.54. The molecule has 4 heteroatoms. The molecule has 3 rings (SSSR count). The van der Waals surface area contributed by atoms with Gasteiger partial charge in [-0.2, -0.15) is 5.10 Å². The van der Waals surface area contributed by atoms with Crippen molar-refractivity contribution in [2.24, 2.45) is 0 Å². The summed E-state index contributed by atoms with van der Waals surface area (Å²) in [6.45, 7) is 6.33. The summed E-state index contributed by atoms with van der Waals surface area (Å²) in [4.78, 5) is 6.86. The van der Waals surface area contributed by atoms with Crippen molar-refractivity contribution in [1.82, 2.24) is 14.8 Å². The van der Waals surface area contributed by atoms with Crippen molar-refractivity contribution in [3.05, 3.63) is 35.8 Å². The Bertz CT molecular complexity index is 559. The van der Waals surface area contributed by atoms with Crippen LogP contribution in [-0.4, -0.2) is 21.3 Å². The second-order valence-electron chi connectivity index (χ2n) is 4.73. The number of fused-ring (bicyclic) bond motifs is 1. The third kappa shape index (κ3) is 1.78. The zero-order chi connectivity index (χ0) is 12.5. The van der Waals surface area contributed by atoms with Crippen LogP contribution in [0.1, 0.15) is 24.6 Å². The van der Waals surface area contributed by atoms with Crippen LogP contribution in [-0.2, 0) is 13.0 Å². The SMILES string of the molecule is CCc1ncc(N2CCCn3nccc32)cc1C. The van der Waals surface area contributed by atoms with Crippen LogP contribution in [0.2, 0.25) is 0 Å². The summed E-state index contributed by atoms with van der Waals surface area (Å²) in [5.41, 5.74) is 3.63. The smallest absolute Gasteiger partial charge is 0.131 e. The van der Waals surface area contributed by atoms with Gasteiger partial charge in [-0.25, -0.2) is 4.68 Å². The molecule has 18 heavy (non-hydrogen) atoms. The molecule has 94 valence electrons. The summed E-state index contributed by atoms with van der Waals surface area (Å²) in [5, 5.41) is 4.34. The Balaban J connectivity index is 2.00. The minimum atomic E-state index is 0.990. The number of nitrogens with zero attached hydrogens (tertiary/aromatic N) is 4. The van der Waals surface area contributed by atoms with Crippen LogP contribution in [0.4, 0.5) is 11.5 Å². The molecule has 0 bridgehead atoms. The largest absolute Gasteiger partial charge is 0.325 e. The highest BCUT2D eigenvalue weighted by Gasteiger charge is 2.19. The molecule has 0 spiro atoms. The molecule has 1 aliphatic rings. The van der Waals surface area contributed by atoms with Gasteiger partial charge in [0.25, 0.3) is 0 Å². The molecule has 1 aliphatic heterocycles. The van der Waals surface area contributed by atoms with E-state index in [9.17, 15) is 0 Å². The summed E-state index contributed by atoms with van der Waals surface area (Å²) in [5.74, 6) is 1.17. The standard InChI is InChI=1S/C14H18N4/c1-3-13-11(2)9-12(10-15-13)17-7-4-8-18-14(17)5-6-16-18/h5-6,9-10H,3-4,7-8H2,1-2H3. The van der Waals surface area contributed by atoms with E-state index in [0.29, 0.717) is 0 Å². The minimum Gasteiger partial charge on any atom is -0.325 e. The van der Waals surface area contributed by atoms with Gasteiger partial charge in [-0.05, 0) is 31.4 Å². The number of rotatable bonds is 2. The van der Waals surface area contributed by atoms with Gasteiger partial charge < -0.3 is 4.90 Å². The van der Waals surface area contributed by atoms with Gasteiger partial charge in [-0.15, -0.1) is 0 Å². The third-order valence-corrected chi connectivity index (χ3v) is 3.54. The van der Waals surface area contributed by atoms with Crippen LogP contribution < -0.4 is 4.90 Å². The highest BCUT2D eigenvalue weighted by Crippen LogP contribution is 2.29. The van der Waals surface area contributed by atoms with Gasteiger partial charge in [0.2, 0.25) is 0 Å². The van der Waals surface area contributed by atoms with Gasteiger partial charge in [0.15, 0.2) is 0 Å². The lowest BCUT2D eigenvalue weighted by Gasteiger charge is -2.29. The van der Waals surface area contributed by atoms with E-state index in [2.05, 4.69) is 45.6 Å². The molecule has 0 aliphatic carbocycles. The molecule has 0 atom stereocenters. The lowest BCUT2D eigenvalue weighted by Crippen LogP contribution is -2.28. The van der Waals surface area contributed by atoms with E-state index in [1.807, 2.05) is 12.4 Å². The van der Waals surface area contributed by atoms with Crippen molar-refractivity contribution in [2.75, 3.05) is 11.4 Å². The van der Waals surface area contributed by atoms with Crippen LogP contribution in [0.5, 0.6) is 0 Å². The van der Waals surface area contributed by atoms with Gasteiger partial charge >= 0.3 is 0 Å². The van der Waals surface area contributed by atoms with Crippen molar-refractivity contribution in [2.45, 2.75) is 33.2 Å². The van der Waals surface area contributed by atoms with Crippen LogP contribution in [0.15, 0.2) is 24.5 Å². The molecule has 0 saturated heterocycles. The average Bonchev–Trinajstić information content (AvgIpc) is 2.86. The Kier molecular flexibility index (Phi) is 2.78. The van der Waals surface area contributed by atoms with Crippen molar-refractivity contribution < 1.29 is 0 Å².